The Bertz CT molecular complexity index is 170. The smallest absolute Gasteiger partial charge is 0.00890 e. The summed E-state index contributed by atoms with van der Waals surface area (Å²) in [5.74, 6) is 0. The predicted molar refractivity (Wildman–Crippen MR) is 39.2 cm³/mol. The van der Waals surface area contributed by atoms with Crippen molar-refractivity contribution in [3.05, 3.63) is 24.3 Å². The number of hydrogen-bond acceptors (Lipinski definition) is 0. The summed E-state index contributed by atoms with van der Waals surface area (Å²) < 4.78 is 0. The van der Waals surface area contributed by atoms with Gasteiger partial charge in [0.15, 0.2) is 0 Å². The minimum absolute atomic E-state index is 0.512. The third kappa shape index (κ3) is 0.658. The molecule has 0 radical (unpaired) electrons. The Morgan fingerprint density at radius 2 is 2.22 bits per heavy atom. The fraction of sp³-hybridized carbons (Fsp3) is 0.556. The van der Waals surface area contributed by atoms with Crippen molar-refractivity contribution in [2.45, 2.75) is 25.7 Å². The standard InChI is InChI=1S/C9H12/c1-8-4-2-3-5-9(8)6-7-9/h3,5H,1-2,4,6-7H2. The zero-order valence-corrected chi connectivity index (χ0v) is 5.69. The molecule has 0 nitrogen and oxygen atoms in total. The van der Waals surface area contributed by atoms with Gasteiger partial charge in [-0.05, 0) is 25.7 Å². The van der Waals surface area contributed by atoms with Crippen molar-refractivity contribution in [2.24, 2.45) is 5.41 Å². The second-order valence-electron chi connectivity index (χ2n) is 3.20. The average Bonchev–Trinajstić information content (AvgIpc) is 2.60. The summed E-state index contributed by atoms with van der Waals surface area (Å²) >= 11 is 0. The molecule has 0 aromatic rings. The van der Waals surface area contributed by atoms with Crippen LogP contribution in [0.3, 0.4) is 0 Å². The molecule has 2 aliphatic carbocycles. The van der Waals surface area contributed by atoms with Crippen LogP contribution in [0.5, 0.6) is 0 Å². The van der Waals surface area contributed by atoms with E-state index in [4.69, 9.17) is 0 Å². The summed E-state index contributed by atoms with van der Waals surface area (Å²) in [5, 5.41) is 0. The van der Waals surface area contributed by atoms with Crippen LogP contribution in [0, 0.1) is 5.41 Å². The Morgan fingerprint density at radius 1 is 1.44 bits per heavy atom. The molecule has 2 aliphatic rings. The van der Waals surface area contributed by atoms with Gasteiger partial charge in [0.1, 0.15) is 0 Å². The average molecular weight is 120 g/mol. The van der Waals surface area contributed by atoms with E-state index in [9.17, 15) is 0 Å². The van der Waals surface area contributed by atoms with Crippen molar-refractivity contribution in [1.29, 1.82) is 0 Å². The molecule has 1 spiro atoms. The first-order valence-electron chi connectivity index (χ1n) is 3.69. The molecule has 0 heteroatoms. The van der Waals surface area contributed by atoms with E-state index in [2.05, 4.69) is 18.7 Å². The van der Waals surface area contributed by atoms with Crippen LogP contribution in [0.15, 0.2) is 24.3 Å². The normalized spacial score (nSPS) is 29.1. The van der Waals surface area contributed by atoms with Gasteiger partial charge in [0.05, 0.1) is 0 Å². The molecule has 0 saturated heterocycles. The molecule has 0 heterocycles. The zero-order chi connectivity index (χ0) is 6.32. The summed E-state index contributed by atoms with van der Waals surface area (Å²) in [6.45, 7) is 4.08. The molecule has 0 bridgehead atoms. The van der Waals surface area contributed by atoms with Gasteiger partial charge in [-0.25, -0.2) is 0 Å². The van der Waals surface area contributed by atoms with Gasteiger partial charge < -0.3 is 0 Å². The summed E-state index contributed by atoms with van der Waals surface area (Å²) in [5.41, 5.74) is 1.99. The molecule has 1 fully saturated rings. The van der Waals surface area contributed by atoms with Crippen LogP contribution in [0.4, 0.5) is 0 Å². The molecule has 48 valence electrons. The topological polar surface area (TPSA) is 0 Å². The number of hydrogen-bond donors (Lipinski definition) is 0. The van der Waals surface area contributed by atoms with E-state index in [0.717, 1.165) is 0 Å². The maximum atomic E-state index is 4.08. The van der Waals surface area contributed by atoms with Gasteiger partial charge in [0, 0.05) is 5.41 Å². The van der Waals surface area contributed by atoms with Crippen LogP contribution in [-0.2, 0) is 0 Å². The van der Waals surface area contributed by atoms with E-state index in [1.54, 1.807) is 0 Å². The van der Waals surface area contributed by atoms with E-state index in [-0.39, 0.29) is 0 Å². The molecule has 0 aromatic carbocycles. The Kier molecular flexibility index (Phi) is 0.879. The van der Waals surface area contributed by atoms with E-state index in [1.165, 1.54) is 31.3 Å². The van der Waals surface area contributed by atoms with Crippen LogP contribution in [-0.4, -0.2) is 0 Å². The summed E-state index contributed by atoms with van der Waals surface area (Å²) in [6.07, 6.45) is 9.85. The lowest BCUT2D eigenvalue weighted by molar-refractivity contribution is 0.692. The lowest BCUT2D eigenvalue weighted by Crippen LogP contribution is -2.03. The van der Waals surface area contributed by atoms with Crippen LogP contribution in [0.25, 0.3) is 0 Å². The minimum atomic E-state index is 0.512. The van der Waals surface area contributed by atoms with Crippen molar-refractivity contribution in [2.75, 3.05) is 0 Å². The van der Waals surface area contributed by atoms with Gasteiger partial charge in [0.25, 0.3) is 0 Å². The summed E-state index contributed by atoms with van der Waals surface area (Å²) in [6, 6.07) is 0. The van der Waals surface area contributed by atoms with Gasteiger partial charge >= 0.3 is 0 Å². The van der Waals surface area contributed by atoms with Crippen LogP contribution >= 0.6 is 0 Å². The molecule has 2 rings (SSSR count). The highest BCUT2D eigenvalue weighted by Gasteiger charge is 2.42. The highest BCUT2D eigenvalue weighted by atomic mass is 14.5. The lowest BCUT2D eigenvalue weighted by atomic mass is 9.88. The molecule has 0 amide bonds. The second kappa shape index (κ2) is 1.50. The van der Waals surface area contributed by atoms with Crippen molar-refractivity contribution in [3.8, 4) is 0 Å². The maximum absolute atomic E-state index is 4.08. The molecule has 0 N–H and O–H groups in total. The monoisotopic (exact) mass is 120 g/mol. The Hall–Kier alpha value is -0.520. The fourth-order valence-electron chi connectivity index (χ4n) is 1.59. The Labute approximate surface area is 56.3 Å². The molecular formula is C9H12. The van der Waals surface area contributed by atoms with Crippen molar-refractivity contribution < 1.29 is 0 Å². The summed E-state index contributed by atoms with van der Waals surface area (Å²) in [4.78, 5) is 0. The lowest BCUT2D eigenvalue weighted by Gasteiger charge is -2.17. The van der Waals surface area contributed by atoms with Gasteiger partial charge in [0.2, 0.25) is 0 Å². The zero-order valence-electron chi connectivity index (χ0n) is 5.69. The van der Waals surface area contributed by atoms with E-state index >= 15 is 0 Å². The largest absolute Gasteiger partial charge is 0.0990 e. The molecule has 0 atom stereocenters. The third-order valence-electron chi connectivity index (χ3n) is 2.54. The van der Waals surface area contributed by atoms with Gasteiger partial charge in [-0.1, -0.05) is 24.3 Å². The molecule has 9 heavy (non-hydrogen) atoms. The first kappa shape index (κ1) is 5.28. The quantitative estimate of drug-likeness (QED) is 0.431. The number of allylic oxidation sites excluding steroid dienone is 3. The van der Waals surface area contributed by atoms with E-state index < -0.39 is 0 Å². The predicted octanol–water partition coefficient (Wildman–Crippen LogP) is 2.67. The minimum Gasteiger partial charge on any atom is -0.0990 e. The van der Waals surface area contributed by atoms with Crippen molar-refractivity contribution >= 4 is 0 Å². The first-order valence-corrected chi connectivity index (χ1v) is 3.69. The molecular weight excluding hydrogens is 108 g/mol. The second-order valence-corrected chi connectivity index (χ2v) is 3.20. The Balaban J connectivity index is 2.28. The third-order valence-corrected chi connectivity index (χ3v) is 2.54. The Morgan fingerprint density at radius 3 is 2.67 bits per heavy atom. The van der Waals surface area contributed by atoms with E-state index in [1.807, 2.05) is 0 Å². The SMILES string of the molecule is C=C1CCC=CC12CC2. The molecule has 0 unspecified atom stereocenters. The van der Waals surface area contributed by atoms with E-state index in [0.29, 0.717) is 5.41 Å². The van der Waals surface area contributed by atoms with Crippen LogP contribution < -0.4 is 0 Å². The van der Waals surface area contributed by atoms with Crippen molar-refractivity contribution in [1.82, 2.24) is 0 Å². The highest BCUT2D eigenvalue weighted by Crippen LogP contribution is 2.55. The van der Waals surface area contributed by atoms with Crippen molar-refractivity contribution in [3.63, 3.8) is 0 Å². The van der Waals surface area contributed by atoms with Crippen LogP contribution in [0.2, 0.25) is 0 Å². The molecule has 0 aromatic heterocycles. The molecule has 0 aliphatic heterocycles. The fourth-order valence-corrected chi connectivity index (χ4v) is 1.59. The van der Waals surface area contributed by atoms with Gasteiger partial charge in [-0.2, -0.15) is 0 Å². The maximum Gasteiger partial charge on any atom is 0.00890 e. The summed E-state index contributed by atoms with van der Waals surface area (Å²) in [7, 11) is 0. The highest BCUT2D eigenvalue weighted by molar-refractivity contribution is 5.30. The first-order chi connectivity index (χ1) is 4.33. The number of rotatable bonds is 0. The molecule has 1 saturated carbocycles. The van der Waals surface area contributed by atoms with Crippen LogP contribution in [0.1, 0.15) is 25.7 Å². The van der Waals surface area contributed by atoms with Gasteiger partial charge in [-0.15, -0.1) is 0 Å². The van der Waals surface area contributed by atoms with Gasteiger partial charge in [-0.3, -0.25) is 0 Å².